The Hall–Kier alpha value is -2.15. The number of rotatable bonds is 4. The third kappa shape index (κ3) is 3.41. The maximum atomic E-state index is 13.2. The number of nitrogens with zero attached hydrogens (tertiary/aromatic N) is 2. The number of halogens is 1. The number of nitro groups is 1. The number of nitro benzene ring substituents is 1. The Bertz CT molecular complexity index is 622. The smallest absolute Gasteiger partial charge is 0.272 e. The van der Waals surface area contributed by atoms with E-state index in [9.17, 15) is 14.5 Å². The van der Waals surface area contributed by atoms with Gasteiger partial charge in [-0.2, -0.15) is 0 Å². The monoisotopic (exact) mass is 279 g/mol. The van der Waals surface area contributed by atoms with Crippen LogP contribution in [0.15, 0.2) is 41.6 Å². The number of thioether (sulfide) groups is 1. The van der Waals surface area contributed by atoms with Crippen LogP contribution in [0.4, 0.5) is 15.8 Å². The molecule has 2 rings (SSSR count). The average molecular weight is 279 g/mol. The number of benzene rings is 1. The first kappa shape index (κ1) is 13.3. The third-order valence-electron chi connectivity index (χ3n) is 2.33. The van der Waals surface area contributed by atoms with Crippen molar-refractivity contribution >= 4 is 23.1 Å². The maximum absolute atomic E-state index is 13.2. The van der Waals surface area contributed by atoms with Crippen molar-refractivity contribution in [1.29, 1.82) is 0 Å². The summed E-state index contributed by atoms with van der Waals surface area (Å²) in [7, 11) is 0. The molecule has 1 heterocycles. The van der Waals surface area contributed by atoms with E-state index in [-0.39, 0.29) is 5.69 Å². The molecule has 1 aromatic carbocycles. The van der Waals surface area contributed by atoms with E-state index in [1.807, 2.05) is 0 Å². The first-order valence-electron chi connectivity index (χ1n) is 5.33. The molecule has 0 aliphatic heterocycles. The van der Waals surface area contributed by atoms with Crippen LogP contribution < -0.4 is 5.73 Å². The fourth-order valence-electron chi connectivity index (χ4n) is 1.50. The fourth-order valence-corrected chi connectivity index (χ4v) is 2.34. The summed E-state index contributed by atoms with van der Waals surface area (Å²) in [5.41, 5.74) is 6.51. The van der Waals surface area contributed by atoms with Crippen LogP contribution in [0.2, 0.25) is 0 Å². The van der Waals surface area contributed by atoms with Gasteiger partial charge >= 0.3 is 0 Å². The van der Waals surface area contributed by atoms with Gasteiger partial charge in [0.15, 0.2) is 0 Å². The van der Waals surface area contributed by atoms with E-state index in [2.05, 4.69) is 4.98 Å². The summed E-state index contributed by atoms with van der Waals surface area (Å²) in [6, 6.07) is 6.92. The molecule has 0 bridgehead atoms. The van der Waals surface area contributed by atoms with Gasteiger partial charge in [0.25, 0.3) is 5.69 Å². The molecule has 0 atom stereocenters. The zero-order valence-electron chi connectivity index (χ0n) is 9.75. The Balaban J connectivity index is 2.16. The molecule has 0 unspecified atom stereocenters. The lowest BCUT2D eigenvalue weighted by Crippen LogP contribution is -1.94. The number of hydrogen-bond donors (Lipinski definition) is 1. The van der Waals surface area contributed by atoms with Gasteiger partial charge in [0.05, 0.1) is 16.7 Å². The molecule has 0 spiro atoms. The molecule has 0 amide bonds. The van der Waals surface area contributed by atoms with E-state index in [4.69, 9.17) is 5.73 Å². The third-order valence-corrected chi connectivity index (χ3v) is 3.42. The van der Waals surface area contributed by atoms with E-state index in [1.165, 1.54) is 23.9 Å². The minimum atomic E-state index is -0.626. The molecule has 0 aliphatic rings. The minimum Gasteiger partial charge on any atom is -0.397 e. The summed E-state index contributed by atoms with van der Waals surface area (Å²) in [4.78, 5) is 14.1. The minimum absolute atomic E-state index is 0.260. The average Bonchev–Trinajstić information content (AvgIpc) is 2.37. The topological polar surface area (TPSA) is 82.0 Å². The van der Waals surface area contributed by atoms with Gasteiger partial charge in [-0.3, -0.25) is 10.1 Å². The standard InChI is InChI=1S/C12H10FN3O2S/c13-9-4-8(5-10(6-9)16(17)18)7-19-12-11(14)2-1-3-15-12/h1-6H,7,14H2. The molecule has 1 aromatic heterocycles. The molecule has 0 saturated heterocycles. The summed E-state index contributed by atoms with van der Waals surface area (Å²) in [5.74, 6) is -0.265. The van der Waals surface area contributed by atoms with Crippen molar-refractivity contribution in [1.82, 2.24) is 4.98 Å². The second-order valence-corrected chi connectivity index (χ2v) is 4.73. The summed E-state index contributed by atoms with van der Waals surface area (Å²) in [6.45, 7) is 0. The van der Waals surface area contributed by atoms with Gasteiger partial charge < -0.3 is 5.73 Å². The van der Waals surface area contributed by atoms with Crippen molar-refractivity contribution in [2.75, 3.05) is 5.73 Å². The lowest BCUT2D eigenvalue weighted by molar-refractivity contribution is -0.385. The summed E-state index contributed by atoms with van der Waals surface area (Å²) >= 11 is 1.30. The van der Waals surface area contributed by atoms with Crippen molar-refractivity contribution in [3.63, 3.8) is 0 Å². The SMILES string of the molecule is Nc1cccnc1SCc1cc(F)cc([N+](=O)[O-])c1. The molecule has 0 saturated carbocycles. The van der Waals surface area contributed by atoms with Gasteiger partial charge in [-0.25, -0.2) is 9.37 Å². The molecular weight excluding hydrogens is 269 g/mol. The van der Waals surface area contributed by atoms with E-state index in [0.717, 1.165) is 6.07 Å². The van der Waals surface area contributed by atoms with Gasteiger partial charge in [0.1, 0.15) is 10.8 Å². The van der Waals surface area contributed by atoms with Gasteiger partial charge in [-0.05, 0) is 23.8 Å². The Morgan fingerprint density at radius 3 is 2.89 bits per heavy atom. The highest BCUT2D eigenvalue weighted by Gasteiger charge is 2.10. The molecule has 2 N–H and O–H groups in total. The Labute approximate surface area is 112 Å². The lowest BCUT2D eigenvalue weighted by Gasteiger charge is -2.04. The van der Waals surface area contributed by atoms with E-state index in [1.54, 1.807) is 18.3 Å². The predicted molar refractivity (Wildman–Crippen MR) is 71.3 cm³/mol. The van der Waals surface area contributed by atoms with E-state index < -0.39 is 10.7 Å². The Morgan fingerprint density at radius 2 is 2.21 bits per heavy atom. The quantitative estimate of drug-likeness (QED) is 0.528. The molecule has 19 heavy (non-hydrogen) atoms. The van der Waals surface area contributed by atoms with Crippen molar-refractivity contribution in [3.05, 3.63) is 58.0 Å². The molecule has 0 fully saturated rings. The van der Waals surface area contributed by atoms with Crippen molar-refractivity contribution in [2.45, 2.75) is 10.8 Å². The highest BCUT2D eigenvalue weighted by atomic mass is 32.2. The van der Waals surface area contributed by atoms with Crippen LogP contribution >= 0.6 is 11.8 Å². The normalized spacial score (nSPS) is 10.4. The number of anilines is 1. The molecule has 7 heteroatoms. The molecule has 2 aromatic rings. The van der Waals surface area contributed by atoms with Crippen molar-refractivity contribution in [3.8, 4) is 0 Å². The molecule has 98 valence electrons. The van der Waals surface area contributed by atoms with Gasteiger partial charge in [0.2, 0.25) is 0 Å². The summed E-state index contributed by atoms with van der Waals surface area (Å²) in [6.07, 6.45) is 1.60. The highest BCUT2D eigenvalue weighted by Crippen LogP contribution is 2.27. The van der Waals surface area contributed by atoms with Crippen molar-refractivity contribution in [2.24, 2.45) is 0 Å². The van der Waals surface area contributed by atoms with Crippen LogP contribution in [-0.2, 0) is 5.75 Å². The zero-order chi connectivity index (χ0) is 13.8. The number of non-ortho nitro benzene ring substituents is 1. The van der Waals surface area contributed by atoms with Crippen LogP contribution in [0.5, 0.6) is 0 Å². The largest absolute Gasteiger partial charge is 0.397 e. The van der Waals surface area contributed by atoms with Crippen molar-refractivity contribution < 1.29 is 9.31 Å². The van der Waals surface area contributed by atoms with Crippen LogP contribution in [0, 0.1) is 15.9 Å². The predicted octanol–water partition coefficient (Wildman–Crippen LogP) is 3.00. The van der Waals surface area contributed by atoms with E-state index in [0.29, 0.717) is 22.0 Å². The van der Waals surface area contributed by atoms with Gasteiger partial charge in [-0.15, -0.1) is 0 Å². The van der Waals surface area contributed by atoms with Gasteiger partial charge in [0, 0.05) is 18.0 Å². The first-order valence-corrected chi connectivity index (χ1v) is 6.32. The number of nitrogen functional groups attached to an aromatic ring is 1. The van der Waals surface area contributed by atoms with Crippen LogP contribution in [0.1, 0.15) is 5.56 Å². The summed E-state index contributed by atoms with van der Waals surface area (Å²) in [5, 5.41) is 11.3. The number of pyridine rings is 1. The molecule has 0 radical (unpaired) electrons. The highest BCUT2D eigenvalue weighted by molar-refractivity contribution is 7.98. The second kappa shape index (κ2) is 5.66. The maximum Gasteiger partial charge on any atom is 0.272 e. The van der Waals surface area contributed by atoms with Gasteiger partial charge in [-0.1, -0.05) is 11.8 Å². The van der Waals surface area contributed by atoms with Crippen LogP contribution in [0.25, 0.3) is 0 Å². The Morgan fingerprint density at radius 1 is 1.42 bits per heavy atom. The first-order chi connectivity index (χ1) is 9.06. The lowest BCUT2D eigenvalue weighted by atomic mass is 10.2. The molecule has 5 nitrogen and oxygen atoms in total. The summed E-state index contributed by atoms with van der Waals surface area (Å²) < 4.78 is 13.2. The molecular formula is C12H10FN3O2S. The number of aromatic nitrogens is 1. The molecule has 0 aliphatic carbocycles. The zero-order valence-corrected chi connectivity index (χ0v) is 10.6. The fraction of sp³-hybridized carbons (Fsp3) is 0.0833. The number of nitrogens with two attached hydrogens (primary N) is 1. The van der Waals surface area contributed by atoms with E-state index >= 15 is 0 Å². The van der Waals surface area contributed by atoms with Crippen LogP contribution in [0.3, 0.4) is 0 Å². The Kier molecular flexibility index (Phi) is 3.96. The van der Waals surface area contributed by atoms with Crippen LogP contribution in [-0.4, -0.2) is 9.91 Å². The second-order valence-electron chi connectivity index (χ2n) is 3.76. The number of hydrogen-bond acceptors (Lipinski definition) is 5.